The Hall–Kier alpha value is -1.50. The van der Waals surface area contributed by atoms with Gasteiger partial charge in [0.1, 0.15) is 24.2 Å². The number of quaternary nitrogens is 1. The first-order valence-corrected chi connectivity index (χ1v) is 9.52. The fourth-order valence-electron chi connectivity index (χ4n) is 2.56. The molecule has 2 atom stereocenters. The second-order valence-corrected chi connectivity index (χ2v) is 7.54. The van der Waals surface area contributed by atoms with E-state index in [2.05, 4.69) is 16.4 Å². The van der Waals surface area contributed by atoms with Gasteiger partial charge in [0.15, 0.2) is 0 Å². The van der Waals surface area contributed by atoms with Crippen LogP contribution in [0.1, 0.15) is 23.6 Å². The SMILES string of the molecule is C[C@@H](OC[C@@H](O)C[NH2+]Cc1nc2ccccc2s1)c1ccc(Cl)cc1. The van der Waals surface area contributed by atoms with E-state index >= 15 is 0 Å². The molecule has 0 spiro atoms. The molecule has 3 rings (SSSR count). The predicted molar refractivity (Wildman–Crippen MR) is 102 cm³/mol. The zero-order valence-corrected chi connectivity index (χ0v) is 15.6. The molecule has 132 valence electrons. The summed E-state index contributed by atoms with van der Waals surface area (Å²) < 4.78 is 6.95. The van der Waals surface area contributed by atoms with Crippen LogP contribution in [0.15, 0.2) is 48.5 Å². The van der Waals surface area contributed by atoms with E-state index in [1.54, 1.807) is 11.3 Å². The van der Waals surface area contributed by atoms with E-state index in [1.807, 2.05) is 49.4 Å². The molecule has 0 saturated heterocycles. The van der Waals surface area contributed by atoms with Crippen LogP contribution < -0.4 is 5.32 Å². The number of para-hydroxylation sites is 1. The van der Waals surface area contributed by atoms with Crippen LogP contribution in [0.2, 0.25) is 5.02 Å². The number of hydrogen-bond acceptors (Lipinski definition) is 4. The lowest BCUT2D eigenvalue weighted by Crippen LogP contribution is -2.85. The first-order chi connectivity index (χ1) is 12.1. The molecular weight excluding hydrogens is 356 g/mol. The Balaban J connectivity index is 1.40. The highest BCUT2D eigenvalue weighted by Gasteiger charge is 2.12. The van der Waals surface area contributed by atoms with E-state index in [-0.39, 0.29) is 6.10 Å². The van der Waals surface area contributed by atoms with Gasteiger partial charge in [0.05, 0.1) is 22.9 Å². The van der Waals surface area contributed by atoms with Crippen LogP contribution >= 0.6 is 22.9 Å². The molecule has 0 saturated carbocycles. The fourth-order valence-corrected chi connectivity index (χ4v) is 3.65. The Kier molecular flexibility index (Phi) is 6.39. The highest BCUT2D eigenvalue weighted by molar-refractivity contribution is 7.18. The maximum Gasteiger partial charge on any atom is 0.148 e. The largest absolute Gasteiger partial charge is 0.385 e. The van der Waals surface area contributed by atoms with Crippen LogP contribution in [-0.4, -0.2) is 29.3 Å². The predicted octanol–water partition coefficient (Wildman–Crippen LogP) is 3.15. The smallest absolute Gasteiger partial charge is 0.148 e. The van der Waals surface area contributed by atoms with Crippen LogP contribution in [0.25, 0.3) is 10.2 Å². The number of halogens is 1. The van der Waals surface area contributed by atoms with Crippen molar-refractivity contribution < 1.29 is 15.2 Å². The van der Waals surface area contributed by atoms with Crippen molar-refractivity contribution >= 4 is 33.2 Å². The van der Waals surface area contributed by atoms with Gasteiger partial charge in [0, 0.05) is 5.02 Å². The molecule has 0 amide bonds. The van der Waals surface area contributed by atoms with E-state index in [9.17, 15) is 5.11 Å². The van der Waals surface area contributed by atoms with Crippen molar-refractivity contribution in [1.29, 1.82) is 0 Å². The lowest BCUT2D eigenvalue weighted by Gasteiger charge is -2.16. The minimum Gasteiger partial charge on any atom is -0.385 e. The van der Waals surface area contributed by atoms with Crippen LogP contribution in [0.3, 0.4) is 0 Å². The topological polar surface area (TPSA) is 59.0 Å². The van der Waals surface area contributed by atoms with Gasteiger partial charge < -0.3 is 15.2 Å². The molecule has 0 aliphatic heterocycles. The number of thiazole rings is 1. The number of ether oxygens (including phenoxy) is 1. The third-order valence-corrected chi connectivity index (χ3v) is 5.28. The van der Waals surface area contributed by atoms with Gasteiger partial charge in [0.25, 0.3) is 0 Å². The standard InChI is InChI=1S/C19H21ClN2O2S/c1-13(14-6-8-15(20)9-7-14)24-12-16(23)10-21-11-19-22-17-4-2-3-5-18(17)25-19/h2-9,13,16,21,23H,10-12H2,1H3/p+1/t13-,16+/m1/s1. The van der Waals surface area contributed by atoms with E-state index < -0.39 is 6.10 Å². The van der Waals surface area contributed by atoms with Gasteiger partial charge in [-0.1, -0.05) is 35.9 Å². The van der Waals surface area contributed by atoms with Crippen molar-refractivity contribution in [1.82, 2.24) is 4.98 Å². The minimum atomic E-state index is -0.510. The molecule has 0 fully saturated rings. The Morgan fingerprint density at radius 1 is 1.20 bits per heavy atom. The molecule has 3 aromatic rings. The van der Waals surface area contributed by atoms with Gasteiger partial charge in [-0.25, -0.2) is 4.98 Å². The zero-order valence-electron chi connectivity index (χ0n) is 14.1. The van der Waals surface area contributed by atoms with Crippen molar-refractivity contribution in [3.63, 3.8) is 0 Å². The average molecular weight is 378 g/mol. The van der Waals surface area contributed by atoms with Gasteiger partial charge in [-0.2, -0.15) is 0 Å². The summed E-state index contributed by atoms with van der Waals surface area (Å²) in [5.41, 5.74) is 2.09. The van der Waals surface area contributed by atoms with Crippen molar-refractivity contribution in [2.45, 2.75) is 25.7 Å². The minimum absolute atomic E-state index is 0.0730. The second kappa shape index (κ2) is 8.74. The molecule has 0 bridgehead atoms. The number of rotatable bonds is 8. The van der Waals surface area contributed by atoms with Gasteiger partial charge in [0.2, 0.25) is 0 Å². The summed E-state index contributed by atoms with van der Waals surface area (Å²) in [7, 11) is 0. The first-order valence-electron chi connectivity index (χ1n) is 8.33. The Bertz CT molecular complexity index is 774. The number of aliphatic hydroxyl groups excluding tert-OH is 1. The van der Waals surface area contributed by atoms with Crippen LogP contribution in [0.4, 0.5) is 0 Å². The second-order valence-electron chi connectivity index (χ2n) is 5.98. The summed E-state index contributed by atoms with van der Waals surface area (Å²) in [5.74, 6) is 0. The third-order valence-electron chi connectivity index (χ3n) is 3.97. The average Bonchev–Trinajstić information content (AvgIpc) is 3.03. The molecule has 6 heteroatoms. The highest BCUT2D eigenvalue weighted by Crippen LogP contribution is 2.21. The molecule has 25 heavy (non-hydrogen) atoms. The summed E-state index contributed by atoms with van der Waals surface area (Å²) in [4.78, 5) is 4.59. The molecule has 0 radical (unpaired) electrons. The molecule has 0 aliphatic rings. The molecule has 0 aliphatic carbocycles. The maximum absolute atomic E-state index is 10.1. The van der Waals surface area contributed by atoms with Crippen molar-refractivity contribution in [2.75, 3.05) is 13.2 Å². The summed E-state index contributed by atoms with van der Waals surface area (Å²) in [6.07, 6.45) is -0.583. The number of nitrogens with zero attached hydrogens (tertiary/aromatic N) is 1. The van der Waals surface area contributed by atoms with Crippen LogP contribution in [0, 0.1) is 0 Å². The maximum atomic E-state index is 10.1. The number of fused-ring (bicyclic) bond motifs is 1. The van der Waals surface area contributed by atoms with Gasteiger partial charge in [-0.05, 0) is 36.8 Å². The number of benzene rings is 2. The quantitative estimate of drug-likeness (QED) is 0.634. The molecule has 2 aromatic carbocycles. The Morgan fingerprint density at radius 2 is 1.96 bits per heavy atom. The lowest BCUT2D eigenvalue weighted by atomic mass is 10.1. The lowest BCUT2D eigenvalue weighted by molar-refractivity contribution is -0.676. The molecule has 0 unspecified atom stereocenters. The summed E-state index contributed by atoms with van der Waals surface area (Å²) in [6.45, 7) is 3.63. The third kappa shape index (κ3) is 5.23. The molecule has 1 heterocycles. The van der Waals surface area contributed by atoms with Crippen molar-refractivity contribution in [3.8, 4) is 0 Å². The molecule has 1 aromatic heterocycles. The zero-order chi connectivity index (χ0) is 17.6. The van der Waals surface area contributed by atoms with Crippen LogP contribution in [-0.2, 0) is 11.3 Å². The number of aromatic nitrogens is 1. The monoisotopic (exact) mass is 377 g/mol. The summed E-state index contributed by atoms with van der Waals surface area (Å²) in [6, 6.07) is 15.7. The van der Waals surface area contributed by atoms with Gasteiger partial charge in [-0.3, -0.25) is 0 Å². The first kappa shape index (κ1) is 18.3. The van der Waals surface area contributed by atoms with E-state index in [0.29, 0.717) is 18.2 Å². The molecular formula is C19H22ClN2O2S+. The van der Waals surface area contributed by atoms with Crippen LogP contribution in [0.5, 0.6) is 0 Å². The number of nitrogens with two attached hydrogens (primary N) is 1. The molecule has 4 nitrogen and oxygen atoms in total. The molecule has 3 N–H and O–H groups in total. The van der Waals surface area contributed by atoms with Crippen molar-refractivity contribution in [2.24, 2.45) is 0 Å². The summed E-state index contributed by atoms with van der Waals surface area (Å²) in [5, 5.41) is 14.0. The van der Waals surface area contributed by atoms with E-state index in [1.165, 1.54) is 4.70 Å². The van der Waals surface area contributed by atoms with Gasteiger partial charge >= 0.3 is 0 Å². The van der Waals surface area contributed by atoms with Gasteiger partial charge in [-0.15, -0.1) is 11.3 Å². The normalized spacial score (nSPS) is 13.9. The Labute approximate surface area is 156 Å². The number of aliphatic hydroxyl groups is 1. The number of hydrogen-bond donors (Lipinski definition) is 2. The summed E-state index contributed by atoms with van der Waals surface area (Å²) >= 11 is 7.59. The van der Waals surface area contributed by atoms with E-state index in [4.69, 9.17) is 16.3 Å². The van der Waals surface area contributed by atoms with E-state index in [0.717, 1.165) is 22.6 Å². The Morgan fingerprint density at radius 3 is 2.72 bits per heavy atom. The van der Waals surface area contributed by atoms with Crippen molar-refractivity contribution in [3.05, 3.63) is 64.1 Å². The fraction of sp³-hybridized carbons (Fsp3) is 0.316. The highest BCUT2D eigenvalue weighted by atomic mass is 35.5.